The summed E-state index contributed by atoms with van der Waals surface area (Å²) in [5.41, 5.74) is 5.88. The van der Waals surface area contributed by atoms with Crippen molar-refractivity contribution >= 4 is 34.7 Å². The molecule has 3 N–H and O–H groups in total. The summed E-state index contributed by atoms with van der Waals surface area (Å²) in [6.07, 6.45) is 0. The number of hydrazine groups is 1. The molecule has 126 valence electrons. The molecule has 0 radical (unpaired) electrons. The average Bonchev–Trinajstić information content (AvgIpc) is 3.12. The van der Waals surface area contributed by atoms with E-state index in [0.29, 0.717) is 10.4 Å². The fourth-order valence-electron chi connectivity index (χ4n) is 1.82. The molecule has 8 heteroatoms. The molecule has 2 rings (SSSR count). The Morgan fingerprint density at radius 1 is 1.04 bits per heavy atom. The van der Waals surface area contributed by atoms with Crippen LogP contribution in [0.2, 0.25) is 0 Å². The first-order valence-corrected chi connectivity index (χ1v) is 8.03. The van der Waals surface area contributed by atoms with Gasteiger partial charge >= 0.3 is 0 Å². The molecule has 0 saturated carbocycles. The topological polar surface area (TPSA) is 90.5 Å². The summed E-state index contributed by atoms with van der Waals surface area (Å²) in [5.74, 6) is -1.28. The molecule has 7 nitrogen and oxygen atoms in total. The third-order valence-electron chi connectivity index (χ3n) is 3.09. The van der Waals surface area contributed by atoms with Crippen LogP contribution in [0.25, 0.3) is 0 Å². The van der Waals surface area contributed by atoms with Crippen LogP contribution in [0.3, 0.4) is 0 Å². The molecule has 0 fully saturated rings. The zero-order chi connectivity index (χ0) is 17.5. The van der Waals surface area contributed by atoms with Gasteiger partial charge in [0.25, 0.3) is 17.7 Å². The highest BCUT2D eigenvalue weighted by Crippen LogP contribution is 2.13. The summed E-state index contributed by atoms with van der Waals surface area (Å²) in [6, 6.07) is 10.4. The predicted octanol–water partition coefficient (Wildman–Crippen LogP) is 1.01. The van der Waals surface area contributed by atoms with E-state index in [1.54, 1.807) is 35.7 Å². The van der Waals surface area contributed by atoms with E-state index < -0.39 is 11.8 Å². The molecular weight excluding hydrogens is 328 g/mol. The first kappa shape index (κ1) is 17.5. The van der Waals surface area contributed by atoms with E-state index in [9.17, 15) is 14.4 Å². The molecule has 0 aliphatic heterocycles. The lowest BCUT2D eigenvalue weighted by atomic mass is 10.2. The average molecular weight is 346 g/mol. The number of hydrogen-bond donors (Lipinski definition) is 3. The third-order valence-corrected chi connectivity index (χ3v) is 3.96. The highest BCUT2D eigenvalue weighted by Gasteiger charge is 2.11. The van der Waals surface area contributed by atoms with Crippen molar-refractivity contribution in [2.24, 2.45) is 0 Å². The molecule has 0 unspecified atom stereocenters. The lowest BCUT2D eigenvalue weighted by molar-refractivity contribution is -0.120. The number of rotatable bonds is 5. The molecule has 0 aliphatic rings. The van der Waals surface area contributed by atoms with Gasteiger partial charge < -0.3 is 10.2 Å². The highest BCUT2D eigenvalue weighted by atomic mass is 32.1. The second-order valence-corrected chi connectivity index (χ2v) is 6.05. The summed E-state index contributed by atoms with van der Waals surface area (Å²) in [7, 11) is 3.74. The number of amides is 3. The van der Waals surface area contributed by atoms with Crippen molar-refractivity contribution < 1.29 is 14.4 Å². The smallest absolute Gasteiger partial charge is 0.269 e. The minimum absolute atomic E-state index is 0.227. The fourth-order valence-corrected chi connectivity index (χ4v) is 2.46. The molecule has 0 saturated heterocycles. The van der Waals surface area contributed by atoms with Gasteiger partial charge in [0.2, 0.25) is 0 Å². The van der Waals surface area contributed by atoms with E-state index in [-0.39, 0.29) is 12.5 Å². The molecule has 1 heterocycles. The number of carbonyl (C=O) groups is 3. The van der Waals surface area contributed by atoms with Crippen LogP contribution >= 0.6 is 11.3 Å². The van der Waals surface area contributed by atoms with Gasteiger partial charge in [-0.15, -0.1) is 11.3 Å². The van der Waals surface area contributed by atoms with E-state index in [0.717, 1.165) is 5.69 Å². The SMILES string of the molecule is CN(C)c1cccc(C(=O)NNC(=O)CNC(=O)c2cccs2)c1. The normalized spacial score (nSPS) is 9.92. The van der Waals surface area contributed by atoms with Crippen molar-refractivity contribution in [1.29, 1.82) is 0 Å². The number of carbonyl (C=O) groups excluding carboxylic acids is 3. The van der Waals surface area contributed by atoms with E-state index in [2.05, 4.69) is 16.2 Å². The van der Waals surface area contributed by atoms with Crippen molar-refractivity contribution in [1.82, 2.24) is 16.2 Å². The van der Waals surface area contributed by atoms with Crippen LogP contribution in [0, 0.1) is 0 Å². The molecule has 0 bridgehead atoms. The summed E-state index contributed by atoms with van der Waals surface area (Å²) < 4.78 is 0. The van der Waals surface area contributed by atoms with Crippen molar-refractivity contribution in [2.75, 3.05) is 25.5 Å². The maximum absolute atomic E-state index is 12.0. The monoisotopic (exact) mass is 346 g/mol. The number of nitrogens with one attached hydrogen (secondary N) is 3. The van der Waals surface area contributed by atoms with Crippen LogP contribution < -0.4 is 21.1 Å². The van der Waals surface area contributed by atoms with Crippen molar-refractivity contribution in [3.05, 3.63) is 52.2 Å². The summed E-state index contributed by atoms with van der Waals surface area (Å²) in [4.78, 5) is 37.8. The highest BCUT2D eigenvalue weighted by molar-refractivity contribution is 7.12. The van der Waals surface area contributed by atoms with Crippen LogP contribution in [0.15, 0.2) is 41.8 Å². The van der Waals surface area contributed by atoms with Crippen molar-refractivity contribution in [3.8, 4) is 0 Å². The molecule has 3 amide bonds. The van der Waals surface area contributed by atoms with Gasteiger partial charge in [0.1, 0.15) is 0 Å². The Labute approximate surface area is 143 Å². The zero-order valence-corrected chi connectivity index (χ0v) is 14.1. The predicted molar refractivity (Wildman–Crippen MR) is 93.0 cm³/mol. The summed E-state index contributed by atoms with van der Waals surface area (Å²) >= 11 is 1.28. The Balaban J connectivity index is 1.80. The molecule has 24 heavy (non-hydrogen) atoms. The Hall–Kier alpha value is -2.87. The second-order valence-electron chi connectivity index (χ2n) is 5.11. The largest absolute Gasteiger partial charge is 0.378 e. The molecule has 0 aliphatic carbocycles. The van der Waals surface area contributed by atoms with Crippen molar-refractivity contribution in [2.45, 2.75) is 0 Å². The standard InChI is InChI=1S/C16H18N4O3S/c1-20(2)12-6-3-5-11(9-12)15(22)19-18-14(21)10-17-16(23)13-7-4-8-24-13/h3-9H,10H2,1-2H3,(H,17,23)(H,18,21)(H,19,22). The number of anilines is 1. The molecular formula is C16H18N4O3S. The molecule has 1 aromatic carbocycles. The first-order valence-electron chi connectivity index (χ1n) is 7.15. The molecule has 2 aromatic rings. The molecule has 0 spiro atoms. The Bertz CT molecular complexity index is 729. The lowest BCUT2D eigenvalue weighted by Crippen LogP contribution is -2.46. The van der Waals surface area contributed by atoms with Crippen LogP contribution in [0.4, 0.5) is 5.69 Å². The van der Waals surface area contributed by atoms with E-state index >= 15 is 0 Å². The van der Waals surface area contributed by atoms with Gasteiger partial charge in [0.15, 0.2) is 0 Å². The number of benzene rings is 1. The van der Waals surface area contributed by atoms with Gasteiger partial charge in [-0.2, -0.15) is 0 Å². The lowest BCUT2D eigenvalue weighted by Gasteiger charge is -2.13. The van der Waals surface area contributed by atoms with Crippen LogP contribution in [-0.4, -0.2) is 38.4 Å². The van der Waals surface area contributed by atoms with Crippen LogP contribution in [0.1, 0.15) is 20.0 Å². The summed E-state index contributed by atoms with van der Waals surface area (Å²) in [5, 5.41) is 4.25. The van der Waals surface area contributed by atoms with Gasteiger partial charge in [-0.25, -0.2) is 0 Å². The van der Waals surface area contributed by atoms with Gasteiger partial charge in [-0.3, -0.25) is 25.2 Å². The van der Waals surface area contributed by atoms with Gasteiger partial charge in [0.05, 0.1) is 11.4 Å². The second kappa shape index (κ2) is 8.11. The minimum atomic E-state index is -0.517. The number of thiophene rings is 1. The van der Waals surface area contributed by atoms with Gasteiger partial charge in [0, 0.05) is 25.3 Å². The van der Waals surface area contributed by atoms with Crippen LogP contribution in [-0.2, 0) is 4.79 Å². The zero-order valence-electron chi connectivity index (χ0n) is 13.3. The van der Waals surface area contributed by atoms with Gasteiger partial charge in [-0.05, 0) is 29.6 Å². The quantitative estimate of drug-likeness (QED) is 0.705. The minimum Gasteiger partial charge on any atom is -0.378 e. The Morgan fingerprint density at radius 3 is 2.50 bits per heavy atom. The summed E-state index contributed by atoms with van der Waals surface area (Å²) in [6.45, 7) is -0.227. The first-order chi connectivity index (χ1) is 11.5. The molecule has 1 aromatic heterocycles. The Kier molecular flexibility index (Phi) is 5.91. The van der Waals surface area contributed by atoms with Crippen LogP contribution in [0.5, 0.6) is 0 Å². The molecule has 0 atom stereocenters. The van der Waals surface area contributed by atoms with E-state index in [4.69, 9.17) is 0 Å². The fraction of sp³-hybridized carbons (Fsp3) is 0.188. The van der Waals surface area contributed by atoms with Gasteiger partial charge in [-0.1, -0.05) is 12.1 Å². The Morgan fingerprint density at radius 2 is 1.83 bits per heavy atom. The van der Waals surface area contributed by atoms with E-state index in [1.807, 2.05) is 25.1 Å². The maximum atomic E-state index is 12.0. The number of hydrogen-bond acceptors (Lipinski definition) is 5. The van der Waals surface area contributed by atoms with Crippen molar-refractivity contribution in [3.63, 3.8) is 0 Å². The number of nitrogens with zero attached hydrogens (tertiary/aromatic N) is 1. The van der Waals surface area contributed by atoms with E-state index in [1.165, 1.54) is 11.3 Å². The maximum Gasteiger partial charge on any atom is 0.269 e. The third kappa shape index (κ3) is 4.82.